The van der Waals surface area contributed by atoms with Crippen LogP contribution in [0.1, 0.15) is 23.6 Å². The number of phenolic OH excluding ortho intramolecular Hbond substituents is 1. The maximum Gasteiger partial charge on any atom is 0.236 e. The Kier molecular flexibility index (Phi) is 5.13. The van der Waals surface area contributed by atoms with Crippen molar-refractivity contribution in [2.24, 2.45) is 0 Å². The number of phenols is 1. The third-order valence-corrected chi connectivity index (χ3v) is 5.62. The van der Waals surface area contributed by atoms with Gasteiger partial charge in [0.15, 0.2) is 0 Å². The summed E-state index contributed by atoms with van der Waals surface area (Å²) in [4.78, 5) is 15.4. The topological polar surface area (TPSA) is 61.8 Å². The van der Waals surface area contributed by atoms with Crippen LogP contribution in [-0.4, -0.2) is 36.1 Å². The van der Waals surface area contributed by atoms with E-state index in [0.717, 1.165) is 22.4 Å². The zero-order valence-corrected chi connectivity index (χ0v) is 16.2. The van der Waals surface area contributed by atoms with Crippen LogP contribution in [0.2, 0.25) is 0 Å². The number of nitrogens with one attached hydrogen (secondary N) is 1. The van der Waals surface area contributed by atoms with Crippen LogP contribution in [-0.2, 0) is 16.8 Å². The number of amides is 1. The van der Waals surface area contributed by atoms with E-state index in [-0.39, 0.29) is 17.7 Å². The SMILES string of the molecule is COc1cccc(CNC(=O)C2(c3ccc(O)cc3)C=CN(C)C2C)c1C. The van der Waals surface area contributed by atoms with E-state index in [2.05, 4.69) is 5.32 Å². The first-order chi connectivity index (χ1) is 12.9. The Bertz CT molecular complexity index is 860. The molecule has 0 saturated heterocycles. The number of ether oxygens (including phenoxy) is 1. The smallest absolute Gasteiger partial charge is 0.236 e. The van der Waals surface area contributed by atoms with Crippen molar-refractivity contribution in [3.63, 3.8) is 0 Å². The van der Waals surface area contributed by atoms with Crippen LogP contribution in [0.25, 0.3) is 0 Å². The lowest BCUT2D eigenvalue weighted by Gasteiger charge is -2.34. The second-order valence-corrected chi connectivity index (χ2v) is 7.00. The molecule has 2 N–H and O–H groups in total. The predicted octanol–water partition coefficient (Wildman–Crippen LogP) is 3.11. The van der Waals surface area contributed by atoms with Crippen LogP contribution in [0.4, 0.5) is 0 Å². The Morgan fingerprint density at radius 1 is 1.26 bits per heavy atom. The summed E-state index contributed by atoms with van der Waals surface area (Å²) in [5.41, 5.74) is 2.08. The van der Waals surface area contributed by atoms with Gasteiger partial charge in [-0.05, 0) is 61.0 Å². The van der Waals surface area contributed by atoms with Crippen LogP contribution < -0.4 is 10.1 Å². The number of rotatable bonds is 5. The van der Waals surface area contributed by atoms with E-state index in [1.165, 1.54) is 0 Å². The van der Waals surface area contributed by atoms with E-state index in [1.54, 1.807) is 19.2 Å². The highest BCUT2D eigenvalue weighted by molar-refractivity contribution is 5.92. The molecule has 1 heterocycles. The second kappa shape index (κ2) is 7.35. The molecule has 27 heavy (non-hydrogen) atoms. The van der Waals surface area contributed by atoms with Gasteiger partial charge in [0.2, 0.25) is 5.91 Å². The average Bonchev–Trinajstić information content (AvgIpc) is 2.97. The first-order valence-corrected chi connectivity index (χ1v) is 9.01. The average molecular weight is 366 g/mol. The Morgan fingerprint density at radius 3 is 2.56 bits per heavy atom. The van der Waals surface area contributed by atoms with Gasteiger partial charge in [-0.15, -0.1) is 0 Å². The third-order valence-electron chi connectivity index (χ3n) is 5.62. The van der Waals surface area contributed by atoms with Gasteiger partial charge in [0.05, 0.1) is 7.11 Å². The van der Waals surface area contributed by atoms with Crippen molar-refractivity contribution in [3.8, 4) is 11.5 Å². The molecule has 0 bridgehead atoms. The molecule has 0 spiro atoms. The molecule has 5 heteroatoms. The Balaban J connectivity index is 1.89. The quantitative estimate of drug-likeness (QED) is 0.854. The largest absolute Gasteiger partial charge is 0.508 e. The van der Waals surface area contributed by atoms with E-state index in [1.807, 2.05) is 68.4 Å². The summed E-state index contributed by atoms with van der Waals surface area (Å²) in [7, 11) is 3.61. The van der Waals surface area contributed by atoms with Gasteiger partial charge in [-0.2, -0.15) is 0 Å². The molecule has 0 fully saturated rings. The molecule has 1 amide bonds. The van der Waals surface area contributed by atoms with Crippen molar-refractivity contribution in [1.82, 2.24) is 10.2 Å². The third kappa shape index (κ3) is 3.25. The van der Waals surface area contributed by atoms with Gasteiger partial charge in [0, 0.05) is 19.6 Å². The first kappa shape index (κ1) is 18.8. The zero-order valence-electron chi connectivity index (χ0n) is 16.2. The molecule has 3 rings (SSSR count). The lowest BCUT2D eigenvalue weighted by atomic mass is 9.75. The van der Waals surface area contributed by atoms with E-state index in [9.17, 15) is 9.90 Å². The lowest BCUT2D eigenvalue weighted by Crippen LogP contribution is -2.51. The number of methoxy groups -OCH3 is 1. The van der Waals surface area contributed by atoms with E-state index in [0.29, 0.717) is 6.54 Å². The number of likely N-dealkylation sites (N-methyl/N-ethyl adjacent to an activating group) is 1. The molecule has 0 aliphatic carbocycles. The molecule has 0 radical (unpaired) electrons. The molecule has 0 aromatic heterocycles. The molecule has 1 aliphatic heterocycles. The summed E-state index contributed by atoms with van der Waals surface area (Å²) < 4.78 is 5.37. The summed E-state index contributed by atoms with van der Waals surface area (Å²) in [5, 5.41) is 12.7. The van der Waals surface area contributed by atoms with E-state index < -0.39 is 5.41 Å². The van der Waals surface area contributed by atoms with Crippen molar-refractivity contribution in [3.05, 3.63) is 71.4 Å². The Hall–Kier alpha value is -2.95. The maximum atomic E-state index is 13.4. The highest BCUT2D eigenvalue weighted by atomic mass is 16.5. The van der Waals surface area contributed by atoms with Gasteiger partial charge in [-0.25, -0.2) is 0 Å². The fraction of sp³-hybridized carbons (Fsp3) is 0.318. The van der Waals surface area contributed by atoms with Crippen LogP contribution in [0.5, 0.6) is 11.5 Å². The van der Waals surface area contributed by atoms with Crippen molar-refractivity contribution < 1.29 is 14.6 Å². The minimum Gasteiger partial charge on any atom is -0.508 e. The molecule has 2 atom stereocenters. The number of carbonyl (C=O) groups excluding carboxylic acids is 1. The summed E-state index contributed by atoms with van der Waals surface area (Å²) in [5.74, 6) is 0.927. The molecular formula is C22H26N2O3. The fourth-order valence-electron chi connectivity index (χ4n) is 3.69. The van der Waals surface area contributed by atoms with E-state index in [4.69, 9.17) is 4.74 Å². The second-order valence-electron chi connectivity index (χ2n) is 7.00. The summed E-state index contributed by atoms with van der Waals surface area (Å²) >= 11 is 0. The standard InChI is InChI=1S/C22H26N2O3/c1-15-17(6-5-7-20(15)27-4)14-23-21(26)22(12-13-24(3)16(22)2)18-8-10-19(25)11-9-18/h5-13,16,25H,14H2,1-4H3,(H,23,26). The predicted molar refractivity (Wildman–Crippen MR) is 106 cm³/mol. The number of aromatic hydroxyl groups is 1. The number of benzene rings is 2. The Labute approximate surface area is 160 Å². The van der Waals surface area contributed by atoms with Gasteiger partial charge in [-0.1, -0.05) is 24.3 Å². The molecule has 1 aliphatic rings. The molecule has 5 nitrogen and oxygen atoms in total. The molecule has 142 valence electrons. The zero-order chi connectivity index (χ0) is 19.6. The van der Waals surface area contributed by atoms with Gasteiger partial charge in [0.25, 0.3) is 0 Å². The number of nitrogens with zero attached hydrogens (tertiary/aromatic N) is 1. The van der Waals surface area contributed by atoms with Gasteiger partial charge in [0.1, 0.15) is 16.9 Å². The number of hydrogen-bond acceptors (Lipinski definition) is 4. The fourth-order valence-corrected chi connectivity index (χ4v) is 3.69. The van der Waals surface area contributed by atoms with Crippen LogP contribution in [0, 0.1) is 6.92 Å². The van der Waals surface area contributed by atoms with Crippen molar-refractivity contribution in [2.45, 2.75) is 31.8 Å². The maximum absolute atomic E-state index is 13.4. The molecule has 2 unspecified atom stereocenters. The lowest BCUT2D eigenvalue weighted by molar-refractivity contribution is -0.126. The van der Waals surface area contributed by atoms with E-state index >= 15 is 0 Å². The van der Waals surface area contributed by atoms with Gasteiger partial charge in [-0.3, -0.25) is 4.79 Å². The van der Waals surface area contributed by atoms with Crippen molar-refractivity contribution in [2.75, 3.05) is 14.2 Å². The van der Waals surface area contributed by atoms with Crippen LogP contribution in [0.15, 0.2) is 54.7 Å². The molecule has 2 aromatic carbocycles. The highest BCUT2D eigenvalue weighted by Crippen LogP contribution is 2.38. The first-order valence-electron chi connectivity index (χ1n) is 9.01. The summed E-state index contributed by atoms with van der Waals surface area (Å²) in [6, 6.07) is 12.6. The number of carbonyl (C=O) groups is 1. The summed E-state index contributed by atoms with van der Waals surface area (Å²) in [6.45, 7) is 4.44. The monoisotopic (exact) mass is 366 g/mol. The van der Waals surface area contributed by atoms with Gasteiger partial charge >= 0.3 is 0 Å². The minimum absolute atomic E-state index is 0.0477. The highest BCUT2D eigenvalue weighted by Gasteiger charge is 2.47. The number of hydrogen-bond donors (Lipinski definition) is 2. The van der Waals surface area contributed by atoms with Crippen LogP contribution >= 0.6 is 0 Å². The summed E-state index contributed by atoms with van der Waals surface area (Å²) in [6.07, 6.45) is 3.88. The van der Waals surface area contributed by atoms with Crippen molar-refractivity contribution >= 4 is 5.91 Å². The van der Waals surface area contributed by atoms with Crippen molar-refractivity contribution in [1.29, 1.82) is 0 Å². The minimum atomic E-state index is -0.810. The molecule has 0 saturated carbocycles. The molecule has 2 aromatic rings. The molecular weight excluding hydrogens is 340 g/mol. The van der Waals surface area contributed by atoms with Gasteiger partial charge < -0.3 is 20.1 Å². The normalized spacial score (nSPS) is 21.3. The van der Waals surface area contributed by atoms with Crippen LogP contribution in [0.3, 0.4) is 0 Å². The Morgan fingerprint density at radius 2 is 1.96 bits per heavy atom.